The monoisotopic (exact) mass is 345 g/mol. The minimum Gasteiger partial charge on any atom is -0.497 e. The molecule has 0 saturated heterocycles. The second-order valence-corrected chi connectivity index (χ2v) is 6.72. The van der Waals surface area contributed by atoms with Crippen LogP contribution in [0.1, 0.15) is 35.8 Å². The van der Waals surface area contributed by atoms with E-state index in [1.165, 1.54) is 11.1 Å². The molecule has 128 valence electrons. The first-order valence-corrected chi connectivity index (χ1v) is 8.80. The number of likely N-dealkylation sites (N-methyl/N-ethyl adjacent to an activating group) is 1. The zero-order valence-electron chi connectivity index (χ0n) is 14.2. The lowest BCUT2D eigenvalue weighted by atomic mass is 9.82. The molecule has 2 unspecified atom stereocenters. The van der Waals surface area contributed by atoms with E-state index in [0.29, 0.717) is 11.8 Å². The molecule has 0 spiro atoms. The van der Waals surface area contributed by atoms with Crippen molar-refractivity contribution in [3.63, 3.8) is 0 Å². The van der Waals surface area contributed by atoms with Crippen molar-refractivity contribution in [2.75, 3.05) is 27.3 Å². The van der Waals surface area contributed by atoms with Gasteiger partial charge in [-0.3, -0.25) is 0 Å². The SMILES string of the molecule is CNCC(CC1CCOc2cc(OC)ccc21)c1cccc(Cl)c1. The van der Waals surface area contributed by atoms with E-state index in [1.807, 2.05) is 31.3 Å². The summed E-state index contributed by atoms with van der Waals surface area (Å²) in [6.45, 7) is 1.69. The number of benzene rings is 2. The van der Waals surface area contributed by atoms with Gasteiger partial charge in [0, 0.05) is 17.6 Å². The molecular formula is C20H24ClNO2. The minimum absolute atomic E-state index is 0.423. The molecule has 2 atom stereocenters. The van der Waals surface area contributed by atoms with Crippen molar-refractivity contribution < 1.29 is 9.47 Å². The van der Waals surface area contributed by atoms with Gasteiger partial charge in [0.15, 0.2) is 0 Å². The van der Waals surface area contributed by atoms with Gasteiger partial charge in [-0.15, -0.1) is 0 Å². The van der Waals surface area contributed by atoms with Gasteiger partial charge < -0.3 is 14.8 Å². The van der Waals surface area contributed by atoms with Crippen LogP contribution in [0.2, 0.25) is 5.02 Å². The zero-order valence-corrected chi connectivity index (χ0v) is 15.0. The van der Waals surface area contributed by atoms with Crippen molar-refractivity contribution in [3.8, 4) is 11.5 Å². The molecule has 1 aliphatic rings. The fourth-order valence-corrected chi connectivity index (χ4v) is 3.70. The van der Waals surface area contributed by atoms with E-state index >= 15 is 0 Å². The van der Waals surface area contributed by atoms with Crippen molar-refractivity contribution in [3.05, 3.63) is 58.6 Å². The number of fused-ring (bicyclic) bond motifs is 1. The van der Waals surface area contributed by atoms with E-state index in [-0.39, 0.29) is 0 Å². The number of nitrogens with one attached hydrogen (secondary N) is 1. The Morgan fingerprint density at radius 2 is 2.17 bits per heavy atom. The van der Waals surface area contributed by atoms with E-state index < -0.39 is 0 Å². The highest BCUT2D eigenvalue weighted by Gasteiger charge is 2.25. The maximum atomic E-state index is 6.19. The number of hydrogen-bond acceptors (Lipinski definition) is 3. The Morgan fingerprint density at radius 3 is 2.92 bits per heavy atom. The van der Waals surface area contributed by atoms with Crippen molar-refractivity contribution in [2.24, 2.45) is 0 Å². The Hall–Kier alpha value is -1.71. The van der Waals surface area contributed by atoms with Gasteiger partial charge in [-0.25, -0.2) is 0 Å². The van der Waals surface area contributed by atoms with Gasteiger partial charge in [-0.1, -0.05) is 29.8 Å². The van der Waals surface area contributed by atoms with E-state index in [1.54, 1.807) is 7.11 Å². The lowest BCUT2D eigenvalue weighted by Gasteiger charge is -2.29. The molecule has 0 aromatic heterocycles. The van der Waals surface area contributed by atoms with Gasteiger partial charge in [0.05, 0.1) is 13.7 Å². The van der Waals surface area contributed by atoms with Gasteiger partial charge in [0.2, 0.25) is 0 Å². The number of rotatable bonds is 6. The lowest BCUT2D eigenvalue weighted by Crippen LogP contribution is -2.22. The second kappa shape index (κ2) is 7.91. The molecule has 0 bridgehead atoms. The third kappa shape index (κ3) is 3.85. The van der Waals surface area contributed by atoms with Crippen molar-refractivity contribution in [1.82, 2.24) is 5.32 Å². The molecule has 24 heavy (non-hydrogen) atoms. The van der Waals surface area contributed by atoms with Crippen molar-refractivity contribution in [1.29, 1.82) is 0 Å². The largest absolute Gasteiger partial charge is 0.497 e. The summed E-state index contributed by atoms with van der Waals surface area (Å²) in [6.07, 6.45) is 2.12. The maximum Gasteiger partial charge on any atom is 0.126 e. The predicted octanol–water partition coefficient (Wildman–Crippen LogP) is 4.61. The molecule has 4 heteroatoms. The van der Waals surface area contributed by atoms with Gasteiger partial charge in [-0.2, -0.15) is 0 Å². The first-order chi connectivity index (χ1) is 11.7. The zero-order chi connectivity index (χ0) is 16.9. The normalized spacial score (nSPS) is 17.7. The van der Waals surface area contributed by atoms with Crippen LogP contribution in [-0.4, -0.2) is 27.3 Å². The Balaban J connectivity index is 1.84. The molecule has 0 saturated carbocycles. The molecule has 1 heterocycles. The number of ether oxygens (including phenoxy) is 2. The Bertz CT molecular complexity index is 689. The molecule has 3 nitrogen and oxygen atoms in total. The van der Waals surface area contributed by atoms with Crippen LogP contribution in [0.15, 0.2) is 42.5 Å². The maximum absolute atomic E-state index is 6.19. The summed E-state index contributed by atoms with van der Waals surface area (Å²) in [5.41, 5.74) is 2.57. The summed E-state index contributed by atoms with van der Waals surface area (Å²) in [6, 6.07) is 14.4. The van der Waals surface area contributed by atoms with E-state index in [9.17, 15) is 0 Å². The highest BCUT2D eigenvalue weighted by atomic mass is 35.5. The lowest BCUT2D eigenvalue weighted by molar-refractivity contribution is 0.256. The smallest absolute Gasteiger partial charge is 0.126 e. The van der Waals surface area contributed by atoms with Gasteiger partial charge >= 0.3 is 0 Å². The molecule has 0 amide bonds. The van der Waals surface area contributed by atoms with Crippen LogP contribution in [0.25, 0.3) is 0 Å². The molecule has 2 aromatic carbocycles. The van der Waals surface area contributed by atoms with Crippen molar-refractivity contribution in [2.45, 2.75) is 24.7 Å². The fourth-order valence-electron chi connectivity index (χ4n) is 3.50. The average molecular weight is 346 g/mol. The Kier molecular flexibility index (Phi) is 5.64. The van der Waals surface area contributed by atoms with Crippen LogP contribution >= 0.6 is 11.6 Å². The molecule has 0 aliphatic carbocycles. The molecule has 1 aliphatic heterocycles. The minimum atomic E-state index is 0.423. The molecule has 0 radical (unpaired) electrons. The van der Waals surface area contributed by atoms with Crippen LogP contribution in [0.5, 0.6) is 11.5 Å². The summed E-state index contributed by atoms with van der Waals surface area (Å²) < 4.78 is 11.2. The summed E-state index contributed by atoms with van der Waals surface area (Å²) >= 11 is 6.19. The van der Waals surface area contributed by atoms with Crippen LogP contribution < -0.4 is 14.8 Å². The van der Waals surface area contributed by atoms with E-state index in [0.717, 1.165) is 42.5 Å². The number of methoxy groups -OCH3 is 1. The van der Waals surface area contributed by atoms with Gasteiger partial charge in [0.1, 0.15) is 11.5 Å². The highest BCUT2D eigenvalue weighted by Crippen LogP contribution is 2.41. The average Bonchev–Trinajstić information content (AvgIpc) is 2.61. The summed E-state index contributed by atoms with van der Waals surface area (Å²) in [5, 5.41) is 4.12. The first-order valence-electron chi connectivity index (χ1n) is 8.42. The summed E-state index contributed by atoms with van der Waals surface area (Å²) in [7, 11) is 3.68. The van der Waals surface area contributed by atoms with Gasteiger partial charge in [-0.05, 0) is 61.1 Å². The van der Waals surface area contributed by atoms with E-state index in [4.69, 9.17) is 21.1 Å². The highest BCUT2D eigenvalue weighted by molar-refractivity contribution is 6.30. The second-order valence-electron chi connectivity index (χ2n) is 6.28. The fraction of sp³-hybridized carbons (Fsp3) is 0.400. The Labute approximate surface area is 148 Å². The summed E-state index contributed by atoms with van der Waals surface area (Å²) in [4.78, 5) is 0. The molecule has 1 N–H and O–H groups in total. The number of hydrogen-bond donors (Lipinski definition) is 1. The standard InChI is InChI=1S/C20H24ClNO2/c1-22-13-16(14-4-3-5-17(21)11-14)10-15-8-9-24-20-12-18(23-2)6-7-19(15)20/h3-7,11-12,15-16,22H,8-10,13H2,1-2H3. The topological polar surface area (TPSA) is 30.5 Å². The molecule has 3 rings (SSSR count). The van der Waals surface area contributed by atoms with Gasteiger partial charge in [0.25, 0.3) is 0 Å². The molecular weight excluding hydrogens is 322 g/mol. The van der Waals surface area contributed by atoms with Crippen LogP contribution in [-0.2, 0) is 0 Å². The third-order valence-corrected chi connectivity index (χ3v) is 4.96. The molecule has 0 fully saturated rings. The first kappa shape index (κ1) is 17.1. The van der Waals surface area contributed by atoms with E-state index in [2.05, 4.69) is 23.5 Å². The van der Waals surface area contributed by atoms with Crippen molar-refractivity contribution >= 4 is 11.6 Å². The predicted molar refractivity (Wildman–Crippen MR) is 98.6 cm³/mol. The van der Waals surface area contributed by atoms with Crippen LogP contribution in [0.3, 0.4) is 0 Å². The summed E-state index contributed by atoms with van der Waals surface area (Å²) in [5.74, 6) is 2.71. The number of halogens is 1. The van der Waals surface area contributed by atoms with Crippen LogP contribution in [0, 0.1) is 0 Å². The van der Waals surface area contributed by atoms with Crippen LogP contribution in [0.4, 0.5) is 0 Å². The molecule has 2 aromatic rings. The quantitative estimate of drug-likeness (QED) is 0.829. The Morgan fingerprint density at radius 1 is 1.29 bits per heavy atom. The third-order valence-electron chi connectivity index (χ3n) is 4.72.